The molecule has 0 saturated carbocycles. The molecule has 3 aliphatic heterocycles. The Hall–Kier alpha value is -2.86. The van der Waals surface area contributed by atoms with Gasteiger partial charge in [0.2, 0.25) is 5.91 Å². The highest BCUT2D eigenvalue weighted by molar-refractivity contribution is 5.78. The Bertz CT molecular complexity index is 972. The first-order valence-corrected chi connectivity index (χ1v) is 12.2. The Balaban J connectivity index is 1.22. The molecule has 0 radical (unpaired) electrons. The molecule has 2 aromatic rings. The van der Waals surface area contributed by atoms with E-state index < -0.39 is 0 Å². The average molecular weight is 448 g/mol. The number of carbonyl (C=O) groups is 2. The Morgan fingerprint density at radius 2 is 1.79 bits per heavy atom. The molecule has 0 unspecified atom stereocenters. The largest absolute Gasteiger partial charge is 0.484 e. The lowest BCUT2D eigenvalue weighted by atomic mass is 9.76. The van der Waals surface area contributed by atoms with Gasteiger partial charge in [0.1, 0.15) is 5.75 Å². The van der Waals surface area contributed by atoms with Gasteiger partial charge in [0.15, 0.2) is 6.61 Å². The van der Waals surface area contributed by atoms with Crippen molar-refractivity contribution in [3.8, 4) is 5.75 Å². The van der Waals surface area contributed by atoms with E-state index in [2.05, 4.69) is 46.6 Å². The highest BCUT2D eigenvalue weighted by atomic mass is 16.5. The number of piperidine rings is 1. The first-order chi connectivity index (χ1) is 16.1. The summed E-state index contributed by atoms with van der Waals surface area (Å²) >= 11 is 0. The summed E-state index contributed by atoms with van der Waals surface area (Å²) in [5, 5.41) is 3.38. The van der Waals surface area contributed by atoms with Gasteiger partial charge in [-0.2, -0.15) is 0 Å². The van der Waals surface area contributed by atoms with Crippen molar-refractivity contribution in [3.63, 3.8) is 0 Å². The molecule has 3 saturated heterocycles. The van der Waals surface area contributed by atoms with E-state index in [0.29, 0.717) is 12.3 Å². The lowest BCUT2D eigenvalue weighted by molar-refractivity contribution is -0.132. The number of ether oxygens (including phenoxy) is 1. The van der Waals surface area contributed by atoms with E-state index in [1.54, 1.807) is 0 Å². The molecule has 3 heterocycles. The highest BCUT2D eigenvalue weighted by Crippen LogP contribution is 2.41. The second kappa shape index (κ2) is 9.56. The van der Waals surface area contributed by atoms with E-state index in [-0.39, 0.29) is 24.0 Å². The summed E-state index contributed by atoms with van der Waals surface area (Å²) in [6.45, 7) is 4.42. The van der Waals surface area contributed by atoms with Crippen molar-refractivity contribution in [3.05, 3.63) is 65.7 Å². The monoisotopic (exact) mass is 447 g/mol. The van der Waals surface area contributed by atoms with Crippen molar-refractivity contribution in [2.24, 2.45) is 0 Å². The normalized spacial score (nSPS) is 25.4. The van der Waals surface area contributed by atoms with Crippen LogP contribution in [0, 0.1) is 0 Å². The van der Waals surface area contributed by atoms with Crippen molar-refractivity contribution in [2.45, 2.75) is 50.1 Å². The van der Waals surface area contributed by atoms with Crippen molar-refractivity contribution in [2.75, 3.05) is 32.8 Å². The molecule has 3 aliphatic rings. The van der Waals surface area contributed by atoms with E-state index in [1.165, 1.54) is 11.1 Å². The number of likely N-dealkylation sites (tertiary alicyclic amines) is 2. The van der Waals surface area contributed by atoms with Crippen LogP contribution in [-0.4, -0.2) is 59.9 Å². The zero-order valence-corrected chi connectivity index (χ0v) is 19.2. The summed E-state index contributed by atoms with van der Waals surface area (Å²) < 4.78 is 5.73. The van der Waals surface area contributed by atoms with Crippen LogP contribution in [0.3, 0.4) is 0 Å². The number of nitrogens with zero attached hydrogens (tertiary/aromatic N) is 2. The quantitative estimate of drug-likeness (QED) is 0.738. The highest BCUT2D eigenvalue weighted by Gasteiger charge is 2.49. The van der Waals surface area contributed by atoms with E-state index >= 15 is 0 Å². The van der Waals surface area contributed by atoms with Crippen LogP contribution in [0.25, 0.3) is 0 Å². The summed E-state index contributed by atoms with van der Waals surface area (Å²) in [7, 11) is 0. The predicted octanol–water partition coefficient (Wildman–Crippen LogP) is 3.33. The molecule has 33 heavy (non-hydrogen) atoms. The number of benzene rings is 2. The van der Waals surface area contributed by atoms with Crippen molar-refractivity contribution < 1.29 is 14.3 Å². The van der Waals surface area contributed by atoms with E-state index in [4.69, 9.17) is 4.74 Å². The van der Waals surface area contributed by atoms with Crippen molar-refractivity contribution in [1.82, 2.24) is 15.1 Å². The van der Waals surface area contributed by atoms with E-state index in [1.807, 2.05) is 23.1 Å². The fraction of sp³-hybridized carbons (Fsp3) is 0.481. The van der Waals surface area contributed by atoms with Gasteiger partial charge in [0.05, 0.1) is 5.54 Å². The van der Waals surface area contributed by atoms with Crippen LogP contribution in [0.15, 0.2) is 54.6 Å². The van der Waals surface area contributed by atoms with Gasteiger partial charge in [-0.3, -0.25) is 14.5 Å². The Labute approximate surface area is 195 Å². The third kappa shape index (κ3) is 4.91. The minimum absolute atomic E-state index is 0.0698. The van der Waals surface area contributed by atoms with Gasteiger partial charge in [0, 0.05) is 45.1 Å². The summed E-state index contributed by atoms with van der Waals surface area (Å²) in [5.74, 6) is 1.27. The number of hydrogen-bond donors (Lipinski definition) is 1. The number of nitrogens with one attached hydrogen (secondary N) is 1. The molecule has 6 nitrogen and oxygen atoms in total. The summed E-state index contributed by atoms with van der Waals surface area (Å²) in [6.07, 6.45) is 4.78. The molecular weight excluding hydrogens is 414 g/mol. The maximum absolute atomic E-state index is 12.3. The molecular formula is C27H33N3O3. The van der Waals surface area contributed by atoms with Gasteiger partial charge in [-0.15, -0.1) is 0 Å². The molecule has 2 aromatic carbocycles. The molecule has 174 valence electrons. The van der Waals surface area contributed by atoms with Gasteiger partial charge in [0.25, 0.3) is 5.91 Å². The Morgan fingerprint density at radius 3 is 2.52 bits per heavy atom. The number of amides is 2. The van der Waals surface area contributed by atoms with Gasteiger partial charge in [-0.05, 0) is 48.9 Å². The molecule has 3 fully saturated rings. The third-order valence-corrected chi connectivity index (χ3v) is 7.38. The van der Waals surface area contributed by atoms with Crippen LogP contribution in [0.2, 0.25) is 0 Å². The molecule has 2 amide bonds. The Morgan fingerprint density at radius 1 is 1.03 bits per heavy atom. The lowest BCUT2D eigenvalue weighted by Crippen LogP contribution is -2.56. The number of rotatable bonds is 6. The van der Waals surface area contributed by atoms with Crippen LogP contribution in [0.5, 0.6) is 5.75 Å². The first kappa shape index (κ1) is 22.0. The van der Waals surface area contributed by atoms with Gasteiger partial charge >= 0.3 is 0 Å². The van der Waals surface area contributed by atoms with Crippen LogP contribution in [0.1, 0.15) is 49.1 Å². The van der Waals surface area contributed by atoms with Gasteiger partial charge in [-0.1, -0.05) is 42.5 Å². The maximum atomic E-state index is 12.3. The molecule has 0 aliphatic carbocycles. The molecule has 0 bridgehead atoms. The molecule has 1 spiro atoms. The minimum Gasteiger partial charge on any atom is -0.484 e. The molecule has 2 atom stereocenters. The maximum Gasteiger partial charge on any atom is 0.260 e. The van der Waals surface area contributed by atoms with Crippen LogP contribution in [-0.2, 0) is 16.1 Å². The second-order valence-corrected chi connectivity index (χ2v) is 9.71. The number of carbonyl (C=O) groups excluding carboxylic acids is 2. The summed E-state index contributed by atoms with van der Waals surface area (Å²) in [4.78, 5) is 28.9. The van der Waals surface area contributed by atoms with Crippen molar-refractivity contribution in [1.29, 1.82) is 0 Å². The molecule has 1 N–H and O–H groups in total. The fourth-order valence-corrected chi connectivity index (χ4v) is 5.74. The van der Waals surface area contributed by atoms with Crippen LogP contribution < -0.4 is 10.1 Å². The smallest absolute Gasteiger partial charge is 0.260 e. The average Bonchev–Trinajstić information content (AvgIpc) is 3.48. The van der Waals surface area contributed by atoms with Gasteiger partial charge < -0.3 is 15.0 Å². The molecule has 5 rings (SSSR count). The van der Waals surface area contributed by atoms with Gasteiger partial charge in [-0.25, -0.2) is 0 Å². The molecule has 0 aromatic heterocycles. The zero-order valence-electron chi connectivity index (χ0n) is 19.2. The number of hydrogen-bond acceptors (Lipinski definition) is 4. The van der Waals surface area contributed by atoms with Crippen LogP contribution >= 0.6 is 0 Å². The topological polar surface area (TPSA) is 61.9 Å². The SMILES string of the molecule is O=C1CCC[C@]2(CN(Cc3ccc(OCC(=O)N4CCCC4)cc3)C[C@H]2c2ccccc2)N1. The minimum atomic E-state index is -0.185. The van der Waals surface area contributed by atoms with Crippen LogP contribution in [0.4, 0.5) is 0 Å². The molecule has 6 heteroatoms. The zero-order chi connectivity index (χ0) is 22.7. The standard InChI is InChI=1S/C27H33N3O3/c31-25-9-6-14-27(28-25)20-29(18-24(27)22-7-2-1-3-8-22)17-21-10-12-23(13-11-21)33-19-26(32)30-15-4-5-16-30/h1-3,7-8,10-13,24H,4-6,9,14-20H2,(H,28,31)/t24-,27+/m0/s1. The third-order valence-electron chi connectivity index (χ3n) is 7.38. The second-order valence-electron chi connectivity index (χ2n) is 9.71. The van der Waals surface area contributed by atoms with E-state index in [0.717, 1.165) is 64.2 Å². The Kier molecular flexibility index (Phi) is 6.36. The predicted molar refractivity (Wildman–Crippen MR) is 127 cm³/mol. The summed E-state index contributed by atoms with van der Waals surface area (Å²) in [5.41, 5.74) is 2.32. The lowest BCUT2D eigenvalue weighted by Gasteiger charge is -2.39. The summed E-state index contributed by atoms with van der Waals surface area (Å²) in [6, 6.07) is 18.7. The fourth-order valence-electron chi connectivity index (χ4n) is 5.74. The van der Waals surface area contributed by atoms with E-state index in [9.17, 15) is 9.59 Å². The first-order valence-electron chi connectivity index (χ1n) is 12.2. The van der Waals surface area contributed by atoms with Crippen molar-refractivity contribution >= 4 is 11.8 Å².